The van der Waals surface area contributed by atoms with Crippen molar-refractivity contribution in [2.75, 3.05) is 31.1 Å². The minimum Gasteiger partial charge on any atom is -0.354 e. The smallest absolute Gasteiger partial charge is 0.332 e. The van der Waals surface area contributed by atoms with Gasteiger partial charge in [-0.3, -0.25) is 23.7 Å². The summed E-state index contributed by atoms with van der Waals surface area (Å²) in [5.41, 5.74) is -0.267. The highest BCUT2D eigenvalue weighted by Crippen LogP contribution is 2.13. The zero-order valence-corrected chi connectivity index (χ0v) is 13.7. The van der Waals surface area contributed by atoms with Crippen molar-refractivity contribution in [3.8, 4) is 0 Å². The first-order chi connectivity index (χ1) is 11.5. The van der Waals surface area contributed by atoms with Crippen LogP contribution in [0.1, 0.15) is 10.5 Å². The van der Waals surface area contributed by atoms with Crippen molar-refractivity contribution in [2.24, 2.45) is 14.1 Å². The van der Waals surface area contributed by atoms with Crippen LogP contribution in [-0.4, -0.2) is 51.1 Å². The lowest BCUT2D eigenvalue weighted by molar-refractivity contribution is 0.0740. The van der Waals surface area contributed by atoms with E-state index in [-0.39, 0.29) is 17.2 Å². The molecule has 0 aliphatic carbocycles. The summed E-state index contributed by atoms with van der Waals surface area (Å²) < 4.78 is 2.53. The van der Waals surface area contributed by atoms with Gasteiger partial charge in [-0.25, -0.2) is 4.79 Å². The van der Waals surface area contributed by atoms with Gasteiger partial charge in [0.25, 0.3) is 11.5 Å². The van der Waals surface area contributed by atoms with Crippen molar-refractivity contribution < 1.29 is 4.79 Å². The van der Waals surface area contributed by atoms with E-state index in [1.165, 1.54) is 17.7 Å². The highest BCUT2D eigenvalue weighted by molar-refractivity contribution is 5.92. The summed E-state index contributed by atoms with van der Waals surface area (Å²) in [7, 11) is 3.10. The third-order valence-electron chi connectivity index (χ3n) is 4.28. The Bertz CT molecular complexity index is 864. The fourth-order valence-electron chi connectivity index (χ4n) is 2.81. The number of aromatic nitrogens is 3. The van der Waals surface area contributed by atoms with E-state index in [9.17, 15) is 14.4 Å². The molecule has 2 aromatic rings. The lowest BCUT2D eigenvalue weighted by atomic mass is 10.2. The highest BCUT2D eigenvalue weighted by atomic mass is 16.2. The fourth-order valence-corrected chi connectivity index (χ4v) is 2.81. The molecule has 1 amide bonds. The number of amides is 1. The molecule has 0 aromatic carbocycles. The van der Waals surface area contributed by atoms with Crippen LogP contribution in [0, 0.1) is 0 Å². The molecule has 126 valence electrons. The number of pyridine rings is 1. The summed E-state index contributed by atoms with van der Waals surface area (Å²) in [4.78, 5) is 44.1. The van der Waals surface area contributed by atoms with Crippen LogP contribution in [-0.2, 0) is 14.1 Å². The molecule has 2 aromatic heterocycles. The van der Waals surface area contributed by atoms with Crippen LogP contribution < -0.4 is 16.1 Å². The van der Waals surface area contributed by atoms with E-state index in [0.717, 1.165) is 4.57 Å². The molecule has 0 N–H and O–H groups in total. The minimum absolute atomic E-state index is 0.104. The molecule has 1 fully saturated rings. The maximum atomic E-state index is 12.4. The number of hydrogen-bond acceptors (Lipinski definition) is 5. The van der Waals surface area contributed by atoms with Crippen molar-refractivity contribution in [1.82, 2.24) is 19.0 Å². The summed E-state index contributed by atoms with van der Waals surface area (Å²) >= 11 is 0. The van der Waals surface area contributed by atoms with E-state index < -0.39 is 0 Å². The topological polar surface area (TPSA) is 80.4 Å². The monoisotopic (exact) mass is 329 g/mol. The molecule has 3 heterocycles. The molecule has 8 nitrogen and oxygen atoms in total. The summed E-state index contributed by atoms with van der Waals surface area (Å²) in [6, 6.07) is 6.70. The minimum atomic E-state index is -0.357. The van der Waals surface area contributed by atoms with Gasteiger partial charge in [0.15, 0.2) is 0 Å². The third kappa shape index (κ3) is 2.82. The first kappa shape index (κ1) is 16.0. The molecule has 1 aliphatic rings. The van der Waals surface area contributed by atoms with Crippen LogP contribution in [0.3, 0.4) is 0 Å². The average molecular weight is 329 g/mol. The highest BCUT2D eigenvalue weighted by Gasteiger charge is 2.24. The second kappa shape index (κ2) is 6.31. The quantitative estimate of drug-likeness (QED) is 0.738. The van der Waals surface area contributed by atoms with Crippen molar-refractivity contribution >= 4 is 11.7 Å². The Hall–Kier alpha value is -2.90. The molecule has 0 atom stereocenters. The molecule has 3 rings (SSSR count). The molecule has 0 spiro atoms. The molecule has 1 saturated heterocycles. The molecule has 1 aliphatic heterocycles. The first-order valence-electron chi connectivity index (χ1n) is 7.71. The maximum Gasteiger partial charge on any atom is 0.332 e. The Labute approximate surface area is 138 Å². The summed E-state index contributed by atoms with van der Waals surface area (Å²) in [6.45, 7) is 2.13. The molecular formula is C16H19N5O3. The number of rotatable bonds is 2. The van der Waals surface area contributed by atoms with Gasteiger partial charge < -0.3 is 9.80 Å². The van der Waals surface area contributed by atoms with Gasteiger partial charge in [-0.1, -0.05) is 6.07 Å². The fraction of sp³-hybridized carbons (Fsp3) is 0.375. The number of carbonyl (C=O) groups excluding carboxylic acids is 1. The molecular weight excluding hydrogens is 310 g/mol. The molecule has 8 heteroatoms. The van der Waals surface area contributed by atoms with Crippen LogP contribution in [0.2, 0.25) is 0 Å². The van der Waals surface area contributed by atoms with Gasteiger partial charge in [0.1, 0.15) is 11.5 Å². The van der Waals surface area contributed by atoms with E-state index in [2.05, 4.69) is 4.98 Å². The Morgan fingerprint density at radius 2 is 1.75 bits per heavy atom. The number of carbonyl (C=O) groups is 1. The number of hydrogen-bond donors (Lipinski definition) is 0. The first-order valence-corrected chi connectivity index (χ1v) is 7.71. The van der Waals surface area contributed by atoms with Crippen molar-refractivity contribution in [3.63, 3.8) is 0 Å². The van der Waals surface area contributed by atoms with E-state index in [4.69, 9.17) is 0 Å². The zero-order valence-electron chi connectivity index (χ0n) is 13.7. The van der Waals surface area contributed by atoms with Crippen molar-refractivity contribution in [2.45, 2.75) is 0 Å². The van der Waals surface area contributed by atoms with Crippen molar-refractivity contribution in [3.05, 3.63) is 57.0 Å². The normalized spacial score (nSPS) is 14.8. The molecule has 0 radical (unpaired) electrons. The third-order valence-corrected chi connectivity index (χ3v) is 4.28. The van der Waals surface area contributed by atoms with Gasteiger partial charge in [-0.05, 0) is 12.1 Å². The van der Waals surface area contributed by atoms with Crippen LogP contribution in [0.25, 0.3) is 0 Å². The van der Waals surface area contributed by atoms with Gasteiger partial charge in [0, 0.05) is 52.5 Å². The lowest BCUT2D eigenvalue weighted by Gasteiger charge is -2.36. The Kier molecular flexibility index (Phi) is 4.20. The van der Waals surface area contributed by atoms with E-state index in [1.807, 2.05) is 4.90 Å². The molecule has 0 unspecified atom stereocenters. The Morgan fingerprint density at radius 3 is 2.38 bits per heavy atom. The summed E-state index contributed by atoms with van der Waals surface area (Å²) in [5.74, 6) is 0.473. The average Bonchev–Trinajstić information content (AvgIpc) is 2.63. The van der Waals surface area contributed by atoms with Crippen molar-refractivity contribution in [1.29, 1.82) is 0 Å². The molecule has 0 saturated carbocycles. The zero-order chi connectivity index (χ0) is 17.3. The maximum absolute atomic E-state index is 12.4. The Balaban J connectivity index is 1.75. The lowest BCUT2D eigenvalue weighted by Crippen LogP contribution is -2.51. The predicted molar refractivity (Wildman–Crippen MR) is 89.3 cm³/mol. The number of anilines is 1. The summed E-state index contributed by atoms with van der Waals surface area (Å²) in [5, 5.41) is 0. The molecule has 0 bridgehead atoms. The summed E-state index contributed by atoms with van der Waals surface area (Å²) in [6.07, 6.45) is 1.60. The van der Waals surface area contributed by atoms with Gasteiger partial charge in [0.2, 0.25) is 0 Å². The van der Waals surface area contributed by atoms with Gasteiger partial charge in [0.05, 0.1) is 0 Å². The van der Waals surface area contributed by atoms with E-state index >= 15 is 0 Å². The van der Waals surface area contributed by atoms with Crippen LogP contribution in [0.4, 0.5) is 5.82 Å². The van der Waals surface area contributed by atoms with Crippen LogP contribution >= 0.6 is 0 Å². The van der Waals surface area contributed by atoms with Gasteiger partial charge in [-0.15, -0.1) is 0 Å². The number of piperazine rings is 1. The van der Waals surface area contributed by atoms with Gasteiger partial charge >= 0.3 is 5.69 Å². The predicted octanol–water partition coefficient (Wildman–Crippen LogP) is -0.559. The largest absolute Gasteiger partial charge is 0.354 e. The van der Waals surface area contributed by atoms with Crippen LogP contribution in [0.15, 0.2) is 40.1 Å². The second-order valence-electron chi connectivity index (χ2n) is 5.74. The van der Waals surface area contributed by atoms with Crippen LogP contribution in [0.5, 0.6) is 0 Å². The Morgan fingerprint density at radius 1 is 1.04 bits per heavy atom. The standard InChI is InChI=1S/C16H19N5O3/c1-18-13(11-14(22)19(2)16(18)24)20-7-9-21(10-8-20)15(23)12-5-3-4-6-17-12/h3-6,11H,7-10H2,1-2H3. The second-order valence-corrected chi connectivity index (χ2v) is 5.74. The SMILES string of the molecule is Cn1c(N2CCN(C(=O)c3ccccn3)CC2)cc(=O)n(C)c1=O. The van der Waals surface area contributed by atoms with Gasteiger partial charge in [-0.2, -0.15) is 0 Å². The number of nitrogens with zero attached hydrogens (tertiary/aromatic N) is 5. The van der Waals surface area contributed by atoms with E-state index in [0.29, 0.717) is 37.7 Å². The molecule has 24 heavy (non-hydrogen) atoms. The van der Waals surface area contributed by atoms with E-state index in [1.54, 1.807) is 36.3 Å².